The molecule has 0 bridgehead atoms. The summed E-state index contributed by atoms with van der Waals surface area (Å²) in [6, 6.07) is 17.6. The van der Waals surface area contributed by atoms with Crippen molar-refractivity contribution >= 4 is 5.69 Å². The van der Waals surface area contributed by atoms with Crippen molar-refractivity contribution in [1.82, 2.24) is 0 Å². The van der Waals surface area contributed by atoms with Crippen molar-refractivity contribution in [3.8, 4) is 0 Å². The summed E-state index contributed by atoms with van der Waals surface area (Å²) < 4.78 is 0. The van der Waals surface area contributed by atoms with E-state index in [0.717, 1.165) is 23.4 Å². The van der Waals surface area contributed by atoms with Crippen LogP contribution in [-0.2, 0) is 0 Å². The van der Waals surface area contributed by atoms with E-state index in [1.807, 2.05) is 54.6 Å². The van der Waals surface area contributed by atoms with E-state index >= 15 is 0 Å². The van der Waals surface area contributed by atoms with E-state index in [0.29, 0.717) is 0 Å². The molecule has 0 amide bonds. The molecule has 0 aliphatic heterocycles. The zero-order valence-electron chi connectivity index (χ0n) is 9.93. The maximum absolute atomic E-state index is 10.2. The molecule has 1 unspecified atom stereocenters. The molecule has 0 saturated carbocycles. The quantitative estimate of drug-likeness (QED) is 0.840. The highest BCUT2D eigenvalue weighted by molar-refractivity contribution is 5.45. The fourth-order valence-corrected chi connectivity index (χ4v) is 1.82. The van der Waals surface area contributed by atoms with Gasteiger partial charge in [-0.15, -0.1) is 0 Å². The minimum atomic E-state index is -0.549. The highest BCUT2D eigenvalue weighted by Crippen LogP contribution is 2.22. The summed E-state index contributed by atoms with van der Waals surface area (Å²) >= 11 is 0. The molecule has 2 N–H and O–H groups in total. The van der Waals surface area contributed by atoms with Gasteiger partial charge in [0.1, 0.15) is 6.10 Å². The van der Waals surface area contributed by atoms with Crippen LogP contribution >= 0.6 is 0 Å². The van der Waals surface area contributed by atoms with E-state index < -0.39 is 6.10 Å². The first-order valence-corrected chi connectivity index (χ1v) is 5.88. The van der Waals surface area contributed by atoms with Gasteiger partial charge in [0.25, 0.3) is 0 Å². The van der Waals surface area contributed by atoms with Gasteiger partial charge in [0.2, 0.25) is 0 Å². The lowest BCUT2D eigenvalue weighted by Gasteiger charge is -2.12. The summed E-state index contributed by atoms with van der Waals surface area (Å²) in [5, 5.41) is 13.4. The van der Waals surface area contributed by atoms with Crippen LogP contribution in [0.3, 0.4) is 0 Å². The molecule has 0 fully saturated rings. The lowest BCUT2D eigenvalue weighted by atomic mass is 10.0. The van der Waals surface area contributed by atoms with Crippen molar-refractivity contribution in [2.75, 3.05) is 11.9 Å². The van der Waals surface area contributed by atoms with Crippen LogP contribution in [0.15, 0.2) is 54.6 Å². The largest absolute Gasteiger partial charge is 0.385 e. The Morgan fingerprint density at radius 3 is 2.12 bits per heavy atom. The van der Waals surface area contributed by atoms with Gasteiger partial charge in [0.15, 0.2) is 0 Å². The first kappa shape index (κ1) is 11.7. The number of benzene rings is 2. The van der Waals surface area contributed by atoms with Gasteiger partial charge in [0.05, 0.1) is 0 Å². The third-order valence-electron chi connectivity index (χ3n) is 2.72. The molecule has 2 rings (SSSR count). The number of nitrogens with one attached hydrogen (secondary N) is 1. The molecule has 0 aliphatic rings. The number of aliphatic hydroxyl groups is 1. The van der Waals surface area contributed by atoms with E-state index in [9.17, 15) is 5.11 Å². The van der Waals surface area contributed by atoms with Crippen LogP contribution in [0.5, 0.6) is 0 Å². The Kier molecular flexibility index (Phi) is 3.78. The molecule has 2 heteroatoms. The molecule has 0 saturated heterocycles. The molecule has 1 atom stereocenters. The summed E-state index contributed by atoms with van der Waals surface area (Å²) in [5.74, 6) is 0. The molecule has 88 valence electrons. The van der Waals surface area contributed by atoms with Gasteiger partial charge in [-0.2, -0.15) is 0 Å². The van der Waals surface area contributed by atoms with Gasteiger partial charge in [-0.25, -0.2) is 0 Å². The standard InChI is InChI=1S/C15H17NO/c1-2-16-14-10-8-13(9-11-14)15(17)12-6-4-3-5-7-12/h3-11,15-17H,2H2,1H3. The van der Waals surface area contributed by atoms with Gasteiger partial charge >= 0.3 is 0 Å². The van der Waals surface area contributed by atoms with Crippen LogP contribution in [0.2, 0.25) is 0 Å². The summed E-state index contributed by atoms with van der Waals surface area (Å²) in [5.41, 5.74) is 2.91. The number of anilines is 1. The lowest BCUT2D eigenvalue weighted by molar-refractivity contribution is 0.220. The van der Waals surface area contributed by atoms with Crippen LogP contribution in [0.25, 0.3) is 0 Å². The van der Waals surface area contributed by atoms with Crippen LogP contribution in [0.1, 0.15) is 24.2 Å². The van der Waals surface area contributed by atoms with Gasteiger partial charge < -0.3 is 10.4 Å². The van der Waals surface area contributed by atoms with Crippen molar-refractivity contribution in [3.63, 3.8) is 0 Å². The van der Waals surface area contributed by atoms with E-state index in [-0.39, 0.29) is 0 Å². The Morgan fingerprint density at radius 1 is 0.941 bits per heavy atom. The van der Waals surface area contributed by atoms with Crippen molar-refractivity contribution in [2.24, 2.45) is 0 Å². The predicted molar refractivity (Wildman–Crippen MR) is 71.1 cm³/mol. The molecule has 0 aliphatic carbocycles. The average molecular weight is 227 g/mol. The predicted octanol–water partition coefficient (Wildman–Crippen LogP) is 3.20. The molecule has 2 aromatic rings. The zero-order valence-corrected chi connectivity index (χ0v) is 9.93. The third-order valence-corrected chi connectivity index (χ3v) is 2.72. The van der Waals surface area contributed by atoms with Crippen molar-refractivity contribution in [3.05, 3.63) is 65.7 Å². The molecular weight excluding hydrogens is 210 g/mol. The summed E-state index contributed by atoms with van der Waals surface area (Å²) in [6.07, 6.45) is -0.549. The Hall–Kier alpha value is -1.80. The van der Waals surface area contributed by atoms with Crippen LogP contribution in [-0.4, -0.2) is 11.7 Å². The summed E-state index contributed by atoms with van der Waals surface area (Å²) in [6.45, 7) is 2.97. The first-order valence-electron chi connectivity index (χ1n) is 5.88. The highest BCUT2D eigenvalue weighted by atomic mass is 16.3. The lowest BCUT2D eigenvalue weighted by Crippen LogP contribution is -2.00. The van der Waals surface area contributed by atoms with E-state index in [1.165, 1.54) is 0 Å². The van der Waals surface area contributed by atoms with Gasteiger partial charge in [-0.1, -0.05) is 42.5 Å². The summed E-state index contributed by atoms with van der Waals surface area (Å²) in [7, 11) is 0. The number of hydrogen-bond donors (Lipinski definition) is 2. The first-order chi connectivity index (χ1) is 8.31. The number of hydrogen-bond acceptors (Lipinski definition) is 2. The molecule has 2 aromatic carbocycles. The Morgan fingerprint density at radius 2 is 1.53 bits per heavy atom. The minimum absolute atomic E-state index is 0.549. The SMILES string of the molecule is CCNc1ccc(C(O)c2ccccc2)cc1. The Balaban J connectivity index is 2.17. The third kappa shape index (κ3) is 2.86. The second-order valence-electron chi connectivity index (χ2n) is 3.97. The van der Waals surface area contributed by atoms with Gasteiger partial charge in [0, 0.05) is 12.2 Å². The molecule has 0 aromatic heterocycles. The number of aliphatic hydroxyl groups excluding tert-OH is 1. The normalized spacial score (nSPS) is 12.1. The van der Waals surface area contributed by atoms with E-state index in [1.54, 1.807) is 0 Å². The molecule has 0 spiro atoms. The fraction of sp³-hybridized carbons (Fsp3) is 0.200. The Labute approximate surface area is 102 Å². The second kappa shape index (κ2) is 5.51. The van der Waals surface area contributed by atoms with Crippen LogP contribution < -0.4 is 5.32 Å². The molecule has 0 radical (unpaired) electrons. The average Bonchev–Trinajstić information content (AvgIpc) is 2.40. The molecule has 0 heterocycles. The molecule has 17 heavy (non-hydrogen) atoms. The van der Waals surface area contributed by atoms with Crippen LogP contribution in [0, 0.1) is 0 Å². The highest BCUT2D eigenvalue weighted by Gasteiger charge is 2.08. The minimum Gasteiger partial charge on any atom is -0.385 e. The van der Waals surface area contributed by atoms with Crippen molar-refractivity contribution in [2.45, 2.75) is 13.0 Å². The molecular formula is C15H17NO. The molecule has 2 nitrogen and oxygen atoms in total. The zero-order chi connectivity index (χ0) is 12.1. The maximum Gasteiger partial charge on any atom is 0.104 e. The van der Waals surface area contributed by atoms with Gasteiger partial charge in [-0.3, -0.25) is 0 Å². The van der Waals surface area contributed by atoms with E-state index in [4.69, 9.17) is 0 Å². The smallest absolute Gasteiger partial charge is 0.104 e. The monoisotopic (exact) mass is 227 g/mol. The van der Waals surface area contributed by atoms with Crippen molar-refractivity contribution < 1.29 is 5.11 Å². The van der Waals surface area contributed by atoms with Crippen LogP contribution in [0.4, 0.5) is 5.69 Å². The Bertz CT molecular complexity index is 450. The van der Waals surface area contributed by atoms with Crippen molar-refractivity contribution in [1.29, 1.82) is 0 Å². The van der Waals surface area contributed by atoms with E-state index in [2.05, 4.69) is 12.2 Å². The topological polar surface area (TPSA) is 32.3 Å². The van der Waals surface area contributed by atoms with Gasteiger partial charge in [-0.05, 0) is 30.2 Å². The maximum atomic E-state index is 10.2. The fourth-order valence-electron chi connectivity index (χ4n) is 1.82. The second-order valence-corrected chi connectivity index (χ2v) is 3.97. The summed E-state index contributed by atoms with van der Waals surface area (Å²) in [4.78, 5) is 0. The number of rotatable bonds is 4.